The molecule has 0 fully saturated rings. The van der Waals surface area contributed by atoms with E-state index in [9.17, 15) is 21.6 Å². The first-order valence-corrected chi connectivity index (χ1v) is 15.5. The third-order valence-corrected chi connectivity index (χ3v) is 6.23. The zero-order valence-corrected chi connectivity index (χ0v) is 23.2. The molecule has 0 spiro atoms. The molecule has 1 heterocycles. The van der Waals surface area contributed by atoms with Crippen molar-refractivity contribution in [3.05, 3.63) is 29.8 Å². The van der Waals surface area contributed by atoms with Crippen LogP contribution in [0.15, 0.2) is 29.2 Å². The van der Waals surface area contributed by atoms with Gasteiger partial charge in [-0.15, -0.1) is 0 Å². The van der Waals surface area contributed by atoms with Crippen LogP contribution in [0.4, 0.5) is 0 Å². The van der Waals surface area contributed by atoms with Gasteiger partial charge in [0.05, 0.1) is 12.2 Å². The van der Waals surface area contributed by atoms with Gasteiger partial charge in [-0.05, 0) is 18.6 Å². The molecule has 1 aromatic carbocycles. The fourth-order valence-electron chi connectivity index (χ4n) is 2.87. The van der Waals surface area contributed by atoms with Crippen molar-refractivity contribution in [1.82, 2.24) is 4.72 Å². The Kier molecular flexibility index (Phi) is 68.8. The van der Waals surface area contributed by atoms with Crippen LogP contribution in [0, 0.1) is 0 Å². The number of amides is 1. The molecule has 0 aliphatic carbocycles. The summed E-state index contributed by atoms with van der Waals surface area (Å²) in [5, 5.41) is 0. The Balaban J connectivity index is -0.0000000470. The minimum absolute atomic E-state index is 0. The molecule has 236 valence electrons. The Hall–Kier alpha value is 4.21. The molecule has 24 heteroatoms. The van der Waals surface area contributed by atoms with Crippen molar-refractivity contribution in [3.63, 3.8) is 0 Å². The molecule has 43 heavy (non-hydrogen) atoms. The number of carbonyl (C=O) groups is 1. The molecule has 0 atom stereocenters. The van der Waals surface area contributed by atoms with E-state index < -0.39 is 35.4 Å². The van der Waals surface area contributed by atoms with Crippen molar-refractivity contribution in [2.75, 3.05) is 6.61 Å². The summed E-state index contributed by atoms with van der Waals surface area (Å²) >= 11 is 0. The van der Waals surface area contributed by atoms with E-state index in [1.807, 2.05) is 4.72 Å². The summed E-state index contributed by atoms with van der Waals surface area (Å²) in [5.41, 5.74) is 0.220. The molecule has 1 aromatic rings. The number of fused-ring (bicyclic) bond motifs is 1. The number of rotatable bonds is 12. The minimum atomic E-state index is -4.61. The van der Waals surface area contributed by atoms with Gasteiger partial charge >= 0.3 is 190 Å². The van der Waals surface area contributed by atoms with Crippen molar-refractivity contribution in [3.8, 4) is 0 Å². The molecule has 1 aliphatic rings. The third-order valence-electron chi connectivity index (χ3n) is 4.38. The van der Waals surface area contributed by atoms with Gasteiger partial charge in [-0.2, -0.15) is 8.42 Å². The number of benzene rings is 1. The number of carbonyl (C=O) groups excluding carboxylic acids is 1. The first kappa shape index (κ1) is 72.8. The van der Waals surface area contributed by atoms with Crippen molar-refractivity contribution >= 4 is 206 Å². The van der Waals surface area contributed by atoms with E-state index in [1.54, 1.807) is 12.1 Å². The Morgan fingerprint density at radius 1 is 0.767 bits per heavy atom. The first-order valence-electron chi connectivity index (χ1n) is 10.8. The summed E-state index contributed by atoms with van der Waals surface area (Å²) in [4.78, 5) is 40.4. The van der Waals surface area contributed by atoms with Crippen LogP contribution in [0.2, 0.25) is 0 Å². The van der Waals surface area contributed by atoms with Gasteiger partial charge < -0.3 is 35.6 Å². The zero-order chi connectivity index (χ0) is 26.3. The summed E-state index contributed by atoms with van der Waals surface area (Å²) < 4.78 is 57.1. The molecule has 0 aromatic heterocycles. The van der Waals surface area contributed by atoms with Crippen molar-refractivity contribution in [2.24, 2.45) is 0 Å². The molecule has 12 N–H and O–H groups in total. The average Bonchev–Trinajstić information content (AvgIpc) is 2.93. The molecule has 2 rings (SSSR count). The Morgan fingerprint density at radius 3 is 1.47 bits per heavy atom. The van der Waals surface area contributed by atoms with Crippen LogP contribution < -0.4 is 4.72 Å². The maximum absolute atomic E-state index is 11.1. The number of nitrogens with one attached hydrogen (secondary N) is 1. The van der Waals surface area contributed by atoms with E-state index >= 15 is 0 Å². The van der Waals surface area contributed by atoms with E-state index in [2.05, 4.69) is 11.1 Å². The predicted octanol–water partition coefficient (Wildman–Crippen LogP) is -5.40. The number of unbranched alkanes of at least 4 members (excludes halogenated alkanes) is 9. The molecular formula is C19H48MgNNa5O14S2Si. The summed E-state index contributed by atoms with van der Waals surface area (Å²) in [6.07, 6.45) is 11.9. The van der Waals surface area contributed by atoms with Crippen LogP contribution in [0.1, 0.15) is 81.5 Å². The number of sulfonamides is 1. The second-order valence-electron chi connectivity index (χ2n) is 7.46. The monoisotopic (exact) mass is 745 g/mol. The molecular weight excluding hydrogens is 698 g/mol. The summed E-state index contributed by atoms with van der Waals surface area (Å²) in [5.74, 6) is -0.550. The predicted molar refractivity (Wildman–Crippen MR) is 180 cm³/mol. The van der Waals surface area contributed by atoms with Gasteiger partial charge in [-0.3, -0.25) is 9.35 Å². The number of hydrogen-bond acceptors (Lipinski definition) is 10. The van der Waals surface area contributed by atoms with Crippen LogP contribution in [-0.4, -0.2) is 249 Å². The van der Waals surface area contributed by atoms with E-state index in [0.29, 0.717) is 6.42 Å². The SMILES string of the molecule is CCCCCCCCCCCCOS(=O)(=O)O.O.O.O.O=C1NS(=O)(=O)c2ccccc21.O[Si](O)(O)O.[MgH2].[NaH].[NaH].[NaH].[NaH].[NaH]. The normalized spacial score (nSPS) is 11.3. The van der Waals surface area contributed by atoms with Crippen molar-refractivity contribution in [1.29, 1.82) is 0 Å². The third kappa shape index (κ3) is 46.2. The summed E-state index contributed by atoms with van der Waals surface area (Å²) in [6.45, 7) is 2.31. The van der Waals surface area contributed by atoms with Gasteiger partial charge in [0, 0.05) is 0 Å². The van der Waals surface area contributed by atoms with Gasteiger partial charge in [-0.25, -0.2) is 17.3 Å². The van der Waals surface area contributed by atoms with Crippen molar-refractivity contribution in [2.45, 2.75) is 76.0 Å². The molecule has 0 radical (unpaired) electrons. The Morgan fingerprint density at radius 2 is 1.12 bits per heavy atom. The molecule has 0 unspecified atom stereocenters. The topological polar surface area (TPSA) is 302 Å². The van der Waals surface area contributed by atoms with E-state index in [0.717, 1.165) is 12.8 Å². The Labute approximate surface area is 382 Å². The van der Waals surface area contributed by atoms with Crippen LogP contribution >= 0.6 is 0 Å². The number of hydrogen-bond donors (Lipinski definition) is 6. The van der Waals surface area contributed by atoms with E-state index in [-0.39, 0.29) is 204 Å². The van der Waals surface area contributed by atoms with Crippen LogP contribution in [-0.2, 0) is 24.6 Å². The van der Waals surface area contributed by atoms with Gasteiger partial charge in [-0.1, -0.05) is 76.8 Å². The molecule has 1 amide bonds. The first-order chi connectivity index (χ1) is 15.7. The van der Waals surface area contributed by atoms with Crippen molar-refractivity contribution < 1.29 is 66.0 Å². The molecule has 1 aliphatic heterocycles. The fraction of sp³-hybridized carbons (Fsp3) is 0.632. The maximum atomic E-state index is 11.1. The van der Waals surface area contributed by atoms with Crippen LogP contribution in [0.3, 0.4) is 0 Å². The molecule has 0 saturated heterocycles. The molecule has 0 bridgehead atoms. The summed E-state index contributed by atoms with van der Waals surface area (Å²) in [7, 11) is -12.4. The summed E-state index contributed by atoms with van der Waals surface area (Å²) in [6, 6.07) is 6.09. The second-order valence-corrected chi connectivity index (χ2v) is 11.4. The molecule has 0 saturated carbocycles. The van der Waals surface area contributed by atoms with Gasteiger partial charge in [0.2, 0.25) is 0 Å². The standard InChI is InChI=1S/C12H26O4S.C7H5NO3S.Mg.5Na.H4O4Si.3H2O.7H/c1-2-3-4-5-6-7-8-9-10-11-12-16-17(13,14)15;9-7-5-3-1-2-4-6(5)12(10,11)8-7;;;;;;;1-5(2,3)4;;;;;;;;;;/h2-12H2,1H3,(H,13,14,15);1-4H,(H,8,9);;;;;;;1-4H;3*1H2;;;;;;;. The Bertz CT molecular complexity index is 959. The van der Waals surface area contributed by atoms with Gasteiger partial charge in [0.1, 0.15) is 4.90 Å². The van der Waals surface area contributed by atoms with E-state index in [1.165, 1.54) is 57.1 Å². The second kappa shape index (κ2) is 40.6. The average molecular weight is 746 g/mol. The zero-order valence-electron chi connectivity index (χ0n) is 20.6. The van der Waals surface area contributed by atoms with Gasteiger partial charge in [0.25, 0.3) is 15.9 Å². The van der Waals surface area contributed by atoms with E-state index in [4.69, 9.17) is 23.7 Å². The quantitative estimate of drug-likeness (QED) is 0.0667. The van der Waals surface area contributed by atoms with Gasteiger partial charge in [0.15, 0.2) is 0 Å². The molecule has 15 nitrogen and oxygen atoms in total. The van der Waals surface area contributed by atoms with Crippen LogP contribution in [0.25, 0.3) is 0 Å². The van der Waals surface area contributed by atoms with Crippen LogP contribution in [0.5, 0.6) is 0 Å². The fourth-order valence-corrected chi connectivity index (χ4v) is 4.37.